The van der Waals surface area contributed by atoms with Gasteiger partial charge in [0.15, 0.2) is 16.3 Å². The van der Waals surface area contributed by atoms with Crippen molar-refractivity contribution in [1.29, 1.82) is 0 Å². The number of carbonyl (C=O) groups is 1. The van der Waals surface area contributed by atoms with Crippen molar-refractivity contribution in [3.05, 3.63) is 51.8 Å². The largest absolute Gasteiger partial charge is 0.454 e. The second-order valence-electron chi connectivity index (χ2n) is 6.41. The van der Waals surface area contributed by atoms with Crippen LogP contribution in [-0.2, 0) is 17.8 Å². The Bertz CT molecular complexity index is 1080. The first kappa shape index (κ1) is 16.8. The Kier molecular flexibility index (Phi) is 4.28. The number of rotatable bonds is 3. The van der Waals surface area contributed by atoms with Crippen LogP contribution >= 0.6 is 11.3 Å². The first-order valence-corrected chi connectivity index (χ1v) is 9.43. The van der Waals surface area contributed by atoms with Crippen LogP contribution in [0.4, 0.5) is 0 Å². The van der Waals surface area contributed by atoms with E-state index in [9.17, 15) is 4.79 Å². The van der Waals surface area contributed by atoms with Gasteiger partial charge >= 0.3 is 0 Å². The maximum atomic E-state index is 12.5. The average molecular weight is 368 g/mol. The van der Waals surface area contributed by atoms with E-state index in [4.69, 9.17) is 9.47 Å². The third kappa shape index (κ3) is 3.01. The highest BCUT2D eigenvalue weighted by atomic mass is 32.1. The number of aromatic nitrogens is 1. The van der Waals surface area contributed by atoms with E-state index in [0.29, 0.717) is 11.2 Å². The van der Waals surface area contributed by atoms with Crippen LogP contribution in [0.25, 0.3) is 10.2 Å². The van der Waals surface area contributed by atoms with E-state index >= 15 is 0 Å². The topological polar surface area (TPSA) is 52.8 Å². The molecule has 26 heavy (non-hydrogen) atoms. The number of hydrogen-bond donors (Lipinski definition) is 0. The summed E-state index contributed by atoms with van der Waals surface area (Å²) in [7, 11) is 0. The van der Waals surface area contributed by atoms with E-state index in [1.165, 1.54) is 16.9 Å². The Morgan fingerprint density at radius 2 is 1.96 bits per heavy atom. The molecule has 2 heterocycles. The number of carbonyl (C=O) groups excluding carboxylic acids is 1. The molecule has 4 rings (SSSR count). The molecule has 1 amide bonds. The molecule has 5 nitrogen and oxygen atoms in total. The zero-order chi connectivity index (χ0) is 18.3. The monoisotopic (exact) mass is 368 g/mol. The van der Waals surface area contributed by atoms with Crippen LogP contribution in [0.1, 0.15) is 23.6 Å². The van der Waals surface area contributed by atoms with Gasteiger partial charge in [0.2, 0.25) is 6.79 Å². The van der Waals surface area contributed by atoms with E-state index in [2.05, 4.69) is 18.0 Å². The van der Waals surface area contributed by atoms with Crippen molar-refractivity contribution in [1.82, 2.24) is 4.57 Å². The van der Waals surface area contributed by atoms with Crippen LogP contribution in [0.15, 0.2) is 35.3 Å². The molecule has 1 aromatic heterocycles. The minimum atomic E-state index is -0.134. The van der Waals surface area contributed by atoms with Crippen LogP contribution < -0.4 is 14.3 Å². The Balaban J connectivity index is 1.72. The molecule has 0 bridgehead atoms. The van der Waals surface area contributed by atoms with Gasteiger partial charge in [0.25, 0.3) is 5.91 Å². The van der Waals surface area contributed by atoms with Gasteiger partial charge in [-0.25, -0.2) is 0 Å². The molecule has 0 atom stereocenters. The predicted molar refractivity (Wildman–Crippen MR) is 102 cm³/mol. The molecule has 0 saturated carbocycles. The lowest BCUT2D eigenvalue weighted by atomic mass is 10.0. The zero-order valence-corrected chi connectivity index (χ0v) is 15.9. The van der Waals surface area contributed by atoms with Crippen molar-refractivity contribution >= 4 is 27.5 Å². The molecular weight excluding hydrogens is 348 g/mol. The standard InChI is InChI=1S/C20H20N2O3S/c1-4-22-15-9-16-17(25-11-24-16)10-18(15)26-20(22)21-19(23)8-14-6-5-12(2)7-13(14)3/h5-7,9-10H,4,8,11H2,1-3H3. The predicted octanol–water partition coefficient (Wildman–Crippen LogP) is 3.74. The smallest absolute Gasteiger partial charge is 0.252 e. The summed E-state index contributed by atoms with van der Waals surface area (Å²) in [4.78, 5) is 17.6. The number of thiazole rings is 1. The van der Waals surface area contributed by atoms with E-state index in [1.54, 1.807) is 0 Å². The molecule has 134 valence electrons. The summed E-state index contributed by atoms with van der Waals surface area (Å²) in [5, 5.41) is 0. The summed E-state index contributed by atoms with van der Waals surface area (Å²) in [6.45, 7) is 7.11. The van der Waals surface area contributed by atoms with Gasteiger partial charge in [0, 0.05) is 18.7 Å². The van der Waals surface area contributed by atoms with Crippen LogP contribution in [0.3, 0.4) is 0 Å². The van der Waals surface area contributed by atoms with Gasteiger partial charge in [-0.3, -0.25) is 4.79 Å². The van der Waals surface area contributed by atoms with Crippen molar-refractivity contribution in [2.45, 2.75) is 33.7 Å². The highest BCUT2D eigenvalue weighted by Crippen LogP contribution is 2.36. The lowest BCUT2D eigenvalue weighted by molar-refractivity contribution is -0.117. The van der Waals surface area contributed by atoms with Crippen LogP contribution in [-0.4, -0.2) is 17.3 Å². The number of benzene rings is 2. The molecule has 2 aromatic carbocycles. The van der Waals surface area contributed by atoms with Gasteiger partial charge in [-0.1, -0.05) is 35.1 Å². The van der Waals surface area contributed by atoms with Gasteiger partial charge in [-0.15, -0.1) is 0 Å². The molecule has 0 saturated heterocycles. The van der Waals surface area contributed by atoms with Crippen molar-refractivity contribution in [3.8, 4) is 11.5 Å². The number of fused-ring (bicyclic) bond motifs is 2. The molecule has 0 aliphatic carbocycles. The molecule has 0 unspecified atom stereocenters. The maximum absolute atomic E-state index is 12.5. The Hall–Kier alpha value is -2.60. The van der Waals surface area contributed by atoms with Crippen LogP contribution in [0, 0.1) is 13.8 Å². The van der Waals surface area contributed by atoms with Crippen molar-refractivity contribution < 1.29 is 14.3 Å². The number of nitrogens with zero attached hydrogens (tertiary/aromatic N) is 2. The maximum Gasteiger partial charge on any atom is 0.252 e. The lowest BCUT2D eigenvalue weighted by Gasteiger charge is -2.04. The second-order valence-corrected chi connectivity index (χ2v) is 7.42. The lowest BCUT2D eigenvalue weighted by Crippen LogP contribution is -2.16. The van der Waals surface area contributed by atoms with Crippen LogP contribution in [0.5, 0.6) is 11.5 Å². The second kappa shape index (κ2) is 6.61. The zero-order valence-electron chi connectivity index (χ0n) is 15.0. The summed E-state index contributed by atoms with van der Waals surface area (Å²) in [6, 6.07) is 10.1. The molecular formula is C20H20N2O3S. The molecule has 0 spiro atoms. The third-order valence-corrected chi connectivity index (χ3v) is 5.59. The van der Waals surface area contributed by atoms with Crippen LogP contribution in [0.2, 0.25) is 0 Å². The van der Waals surface area contributed by atoms with Gasteiger partial charge < -0.3 is 14.0 Å². The number of ether oxygens (including phenoxy) is 2. The van der Waals surface area contributed by atoms with Gasteiger partial charge in [0.05, 0.1) is 16.6 Å². The number of aryl methyl sites for hydroxylation is 3. The average Bonchev–Trinajstić information content (AvgIpc) is 3.18. The normalized spacial score (nSPS) is 13.6. The fraction of sp³-hybridized carbons (Fsp3) is 0.300. The Morgan fingerprint density at radius 1 is 1.19 bits per heavy atom. The van der Waals surface area contributed by atoms with Gasteiger partial charge in [-0.05, 0) is 31.9 Å². The Morgan fingerprint density at radius 3 is 2.69 bits per heavy atom. The fourth-order valence-electron chi connectivity index (χ4n) is 3.20. The number of hydrogen-bond acceptors (Lipinski definition) is 4. The SMILES string of the molecule is CCn1c(=NC(=O)Cc2ccc(C)cc2C)sc2cc3c(cc21)OCO3. The van der Waals surface area contributed by atoms with Crippen molar-refractivity contribution in [2.24, 2.45) is 4.99 Å². The first-order valence-electron chi connectivity index (χ1n) is 8.62. The van der Waals surface area contributed by atoms with Crippen molar-refractivity contribution in [2.75, 3.05) is 6.79 Å². The molecule has 1 aliphatic rings. The Labute approximate surface area is 155 Å². The summed E-state index contributed by atoms with van der Waals surface area (Å²) >= 11 is 1.50. The van der Waals surface area contributed by atoms with Gasteiger partial charge in [-0.2, -0.15) is 4.99 Å². The molecule has 1 aliphatic heterocycles. The molecule has 3 aromatic rings. The summed E-state index contributed by atoms with van der Waals surface area (Å²) in [6.07, 6.45) is 0.312. The molecule has 0 radical (unpaired) electrons. The van der Waals surface area contributed by atoms with E-state index in [1.807, 2.05) is 42.7 Å². The summed E-state index contributed by atoms with van der Waals surface area (Å²) in [5.41, 5.74) is 4.36. The third-order valence-electron chi connectivity index (χ3n) is 4.55. The van der Waals surface area contributed by atoms with Gasteiger partial charge in [0.1, 0.15) is 0 Å². The van der Waals surface area contributed by atoms with Crippen molar-refractivity contribution in [3.63, 3.8) is 0 Å². The van der Waals surface area contributed by atoms with E-state index in [0.717, 1.165) is 39.4 Å². The minimum Gasteiger partial charge on any atom is -0.454 e. The van der Waals surface area contributed by atoms with E-state index in [-0.39, 0.29) is 12.7 Å². The fourth-order valence-corrected chi connectivity index (χ4v) is 4.33. The quantitative estimate of drug-likeness (QED) is 0.708. The molecule has 0 N–H and O–H groups in total. The minimum absolute atomic E-state index is 0.134. The number of amides is 1. The molecule has 0 fully saturated rings. The molecule has 6 heteroatoms. The summed E-state index contributed by atoms with van der Waals surface area (Å²) < 4.78 is 14.0. The highest BCUT2D eigenvalue weighted by molar-refractivity contribution is 7.16. The first-order chi connectivity index (χ1) is 12.5. The highest BCUT2D eigenvalue weighted by Gasteiger charge is 2.17. The van der Waals surface area contributed by atoms with E-state index < -0.39 is 0 Å². The summed E-state index contributed by atoms with van der Waals surface area (Å²) in [5.74, 6) is 1.35.